The maximum atomic E-state index is 9.77. The molecule has 1 nitrogen and oxygen atoms in total. The zero-order chi connectivity index (χ0) is 7.11. The standard InChI is InChI=1S/C6H11OS2/c1-6(9-8-2)4-3-5-7/h6H,3-4H2,1-2H3/t6-/m0/s1. The molecule has 0 aliphatic rings. The van der Waals surface area contributed by atoms with Crippen LogP contribution >= 0.6 is 21.6 Å². The molecule has 0 fully saturated rings. The Morgan fingerprint density at radius 1 is 1.67 bits per heavy atom. The first-order valence-corrected chi connectivity index (χ1v) is 5.48. The van der Waals surface area contributed by atoms with E-state index in [1.165, 1.54) is 0 Å². The molecule has 1 atom stereocenters. The van der Waals surface area contributed by atoms with Crippen LogP contribution in [0.4, 0.5) is 0 Å². The molecule has 0 amide bonds. The fraction of sp³-hybridized carbons (Fsp3) is 0.833. The van der Waals surface area contributed by atoms with Gasteiger partial charge < -0.3 is 0 Å². The topological polar surface area (TPSA) is 17.1 Å². The van der Waals surface area contributed by atoms with Crippen molar-refractivity contribution in [2.24, 2.45) is 0 Å². The number of hydrogen-bond acceptors (Lipinski definition) is 3. The number of rotatable bonds is 5. The van der Waals surface area contributed by atoms with E-state index in [9.17, 15) is 4.79 Å². The van der Waals surface area contributed by atoms with Crippen molar-refractivity contribution in [2.75, 3.05) is 6.26 Å². The summed E-state index contributed by atoms with van der Waals surface area (Å²) in [4.78, 5) is 9.77. The van der Waals surface area contributed by atoms with Gasteiger partial charge in [0.25, 0.3) is 0 Å². The second-order valence-electron chi connectivity index (χ2n) is 1.76. The van der Waals surface area contributed by atoms with Crippen molar-refractivity contribution in [1.29, 1.82) is 0 Å². The minimum absolute atomic E-state index is 0.578. The lowest BCUT2D eigenvalue weighted by molar-refractivity contribution is 0.548. The van der Waals surface area contributed by atoms with E-state index in [-0.39, 0.29) is 0 Å². The van der Waals surface area contributed by atoms with Gasteiger partial charge in [-0.3, -0.25) is 4.79 Å². The maximum Gasteiger partial charge on any atom is 0.198 e. The molecule has 0 aromatic rings. The SMILES string of the molecule is CSS[C@@H](C)CC[C]=O. The van der Waals surface area contributed by atoms with E-state index in [0.717, 1.165) is 6.42 Å². The first kappa shape index (κ1) is 9.37. The highest BCUT2D eigenvalue weighted by molar-refractivity contribution is 8.76. The molecule has 0 bridgehead atoms. The van der Waals surface area contributed by atoms with Crippen molar-refractivity contribution >= 4 is 27.9 Å². The highest BCUT2D eigenvalue weighted by Gasteiger charge is 1.99. The molecule has 1 radical (unpaired) electrons. The van der Waals surface area contributed by atoms with Gasteiger partial charge in [-0.05, 0) is 12.7 Å². The van der Waals surface area contributed by atoms with E-state index < -0.39 is 0 Å². The Kier molecular flexibility index (Phi) is 6.76. The largest absolute Gasteiger partial charge is 0.291 e. The zero-order valence-electron chi connectivity index (χ0n) is 5.72. The van der Waals surface area contributed by atoms with E-state index in [1.54, 1.807) is 10.8 Å². The van der Waals surface area contributed by atoms with Gasteiger partial charge in [-0.1, -0.05) is 28.5 Å². The summed E-state index contributed by atoms with van der Waals surface area (Å²) < 4.78 is 0. The van der Waals surface area contributed by atoms with Gasteiger partial charge in [0.2, 0.25) is 0 Å². The summed E-state index contributed by atoms with van der Waals surface area (Å²) in [5, 5.41) is 0.585. The smallest absolute Gasteiger partial charge is 0.198 e. The highest BCUT2D eigenvalue weighted by Crippen LogP contribution is 2.25. The van der Waals surface area contributed by atoms with Gasteiger partial charge in [0.1, 0.15) is 0 Å². The lowest BCUT2D eigenvalue weighted by Crippen LogP contribution is -1.92. The van der Waals surface area contributed by atoms with Crippen LogP contribution in [0.25, 0.3) is 0 Å². The number of carbonyl (C=O) groups excluding carboxylic acids is 1. The fourth-order valence-corrected chi connectivity index (χ4v) is 2.29. The molecule has 0 aromatic carbocycles. The van der Waals surface area contributed by atoms with Crippen LogP contribution in [0, 0.1) is 0 Å². The Morgan fingerprint density at radius 3 is 2.78 bits per heavy atom. The second-order valence-corrected chi connectivity index (χ2v) is 4.66. The maximum absolute atomic E-state index is 9.77. The van der Waals surface area contributed by atoms with Gasteiger partial charge in [0.15, 0.2) is 6.29 Å². The second kappa shape index (κ2) is 6.49. The van der Waals surface area contributed by atoms with Crippen molar-refractivity contribution in [3.05, 3.63) is 0 Å². The third-order valence-corrected chi connectivity index (χ3v) is 3.23. The average molecular weight is 163 g/mol. The highest BCUT2D eigenvalue weighted by atomic mass is 33.1. The van der Waals surface area contributed by atoms with Gasteiger partial charge in [-0.2, -0.15) is 0 Å². The summed E-state index contributed by atoms with van der Waals surface area (Å²) >= 11 is 0. The van der Waals surface area contributed by atoms with Crippen LogP contribution in [0.5, 0.6) is 0 Å². The monoisotopic (exact) mass is 163 g/mol. The fourth-order valence-electron chi connectivity index (χ4n) is 0.475. The summed E-state index contributed by atoms with van der Waals surface area (Å²) in [6.45, 7) is 2.12. The first-order chi connectivity index (χ1) is 4.31. The zero-order valence-corrected chi connectivity index (χ0v) is 7.35. The summed E-state index contributed by atoms with van der Waals surface area (Å²) in [7, 11) is 3.56. The molecule has 53 valence electrons. The molecular weight excluding hydrogens is 152 g/mol. The Labute approximate surface area is 64.4 Å². The molecule has 0 rings (SSSR count). The lowest BCUT2D eigenvalue weighted by Gasteiger charge is -2.03. The van der Waals surface area contributed by atoms with Crippen LogP contribution in [-0.2, 0) is 4.79 Å². The Morgan fingerprint density at radius 2 is 2.33 bits per heavy atom. The van der Waals surface area contributed by atoms with Crippen LogP contribution < -0.4 is 0 Å². The third kappa shape index (κ3) is 6.25. The summed E-state index contributed by atoms with van der Waals surface area (Å²) in [5.41, 5.74) is 0. The molecule has 0 N–H and O–H groups in total. The van der Waals surface area contributed by atoms with E-state index in [2.05, 4.69) is 6.92 Å². The van der Waals surface area contributed by atoms with Crippen LogP contribution in [-0.4, -0.2) is 17.8 Å². The summed E-state index contributed by atoms with van der Waals surface area (Å²) in [6, 6.07) is 0. The van der Waals surface area contributed by atoms with Gasteiger partial charge in [-0.15, -0.1) is 0 Å². The van der Waals surface area contributed by atoms with Crippen LogP contribution in [0.1, 0.15) is 19.8 Å². The molecule has 0 aliphatic heterocycles. The van der Waals surface area contributed by atoms with Gasteiger partial charge in [0.05, 0.1) is 0 Å². The molecule has 0 aromatic heterocycles. The minimum Gasteiger partial charge on any atom is -0.291 e. The molecule has 0 aliphatic carbocycles. The predicted molar refractivity (Wildman–Crippen MR) is 45.5 cm³/mol. The van der Waals surface area contributed by atoms with Crippen molar-refractivity contribution in [3.8, 4) is 0 Å². The van der Waals surface area contributed by atoms with Gasteiger partial charge in [-0.25, -0.2) is 0 Å². The molecule has 3 heteroatoms. The Balaban J connectivity index is 3.04. The molecule has 9 heavy (non-hydrogen) atoms. The normalized spacial score (nSPS) is 13.1. The van der Waals surface area contributed by atoms with Crippen molar-refractivity contribution < 1.29 is 4.79 Å². The first-order valence-electron chi connectivity index (χ1n) is 2.85. The molecule has 0 spiro atoms. The molecule has 0 saturated heterocycles. The Bertz CT molecular complexity index is 75.5. The van der Waals surface area contributed by atoms with Crippen molar-refractivity contribution in [3.63, 3.8) is 0 Å². The number of hydrogen-bond donors (Lipinski definition) is 0. The van der Waals surface area contributed by atoms with Crippen molar-refractivity contribution in [2.45, 2.75) is 25.0 Å². The summed E-state index contributed by atoms with van der Waals surface area (Å²) in [6.07, 6.45) is 5.46. The Hall–Kier alpha value is 0.370. The van der Waals surface area contributed by atoms with E-state index in [4.69, 9.17) is 0 Å². The van der Waals surface area contributed by atoms with Crippen LogP contribution in [0.2, 0.25) is 0 Å². The average Bonchev–Trinajstić information content (AvgIpc) is 1.85. The van der Waals surface area contributed by atoms with E-state index in [0.29, 0.717) is 11.7 Å². The molecule has 0 unspecified atom stereocenters. The van der Waals surface area contributed by atoms with Gasteiger partial charge in [0, 0.05) is 11.7 Å². The third-order valence-electron chi connectivity index (χ3n) is 0.913. The predicted octanol–water partition coefficient (Wildman–Crippen LogP) is 2.28. The molecule has 0 saturated carbocycles. The van der Waals surface area contributed by atoms with Gasteiger partial charge >= 0.3 is 0 Å². The molecular formula is C6H11OS2. The minimum atomic E-state index is 0.578. The van der Waals surface area contributed by atoms with Crippen molar-refractivity contribution in [1.82, 2.24) is 0 Å². The quantitative estimate of drug-likeness (QED) is 0.579. The van der Waals surface area contributed by atoms with E-state index >= 15 is 0 Å². The lowest BCUT2D eigenvalue weighted by atomic mass is 10.3. The van der Waals surface area contributed by atoms with E-state index in [1.807, 2.05) is 23.3 Å². The molecule has 0 heterocycles. The van der Waals surface area contributed by atoms with Crippen LogP contribution in [0.3, 0.4) is 0 Å². The van der Waals surface area contributed by atoms with Crippen LogP contribution in [0.15, 0.2) is 0 Å². The summed E-state index contributed by atoms with van der Waals surface area (Å²) in [5.74, 6) is 0.